The van der Waals surface area contributed by atoms with Gasteiger partial charge in [0.1, 0.15) is 6.04 Å². The Kier molecular flexibility index (Phi) is 7.38. The zero-order chi connectivity index (χ0) is 20.0. The minimum Gasteiger partial charge on any atom is -0.480 e. The number of amides is 1. The molecule has 1 unspecified atom stereocenters. The largest absolute Gasteiger partial charge is 0.480 e. The fourth-order valence-corrected chi connectivity index (χ4v) is 4.88. The van der Waals surface area contributed by atoms with Gasteiger partial charge < -0.3 is 10.4 Å². The van der Waals surface area contributed by atoms with Gasteiger partial charge in [-0.3, -0.25) is 4.79 Å². The predicted octanol–water partition coefficient (Wildman–Crippen LogP) is 1.84. The average molecular weight is 397 g/mol. The van der Waals surface area contributed by atoms with E-state index in [1.165, 1.54) is 4.31 Å². The van der Waals surface area contributed by atoms with Gasteiger partial charge in [-0.2, -0.15) is 0 Å². The Bertz CT molecular complexity index is 749. The van der Waals surface area contributed by atoms with E-state index in [0.29, 0.717) is 31.4 Å². The smallest absolute Gasteiger partial charge is 0.326 e. The molecule has 0 saturated carbocycles. The molecule has 0 spiro atoms. The van der Waals surface area contributed by atoms with Gasteiger partial charge in [0.2, 0.25) is 15.9 Å². The average Bonchev–Trinajstić information content (AvgIpc) is 2.61. The number of hydrogen-bond acceptors (Lipinski definition) is 4. The molecule has 1 aliphatic heterocycles. The monoisotopic (exact) mass is 396 g/mol. The first-order valence-corrected chi connectivity index (χ1v) is 10.8. The van der Waals surface area contributed by atoms with E-state index < -0.39 is 28.0 Å². The maximum Gasteiger partial charge on any atom is 0.326 e. The number of sulfonamides is 1. The summed E-state index contributed by atoms with van der Waals surface area (Å²) in [6.45, 7) is 4.25. The van der Waals surface area contributed by atoms with Crippen molar-refractivity contribution in [2.24, 2.45) is 11.8 Å². The van der Waals surface area contributed by atoms with Gasteiger partial charge >= 0.3 is 5.97 Å². The molecule has 0 aliphatic carbocycles. The standard InChI is InChI=1S/C19H28N2O5S/c1-14(2)11-17(19(23)24)20-18(22)16-9-6-10-21(12-16)27(25,26)13-15-7-4-3-5-8-15/h3-5,7-8,14,16-17H,6,9-13H2,1-2H3,(H,20,22)(H,23,24)/t16?,17-/m1/s1. The number of aliphatic carboxylic acids is 1. The Morgan fingerprint density at radius 2 is 1.93 bits per heavy atom. The zero-order valence-electron chi connectivity index (χ0n) is 15.8. The third-order valence-corrected chi connectivity index (χ3v) is 6.48. The number of carbonyl (C=O) groups excluding carboxylic acids is 1. The second kappa shape index (κ2) is 9.32. The Morgan fingerprint density at radius 1 is 1.26 bits per heavy atom. The summed E-state index contributed by atoms with van der Waals surface area (Å²) in [4.78, 5) is 23.9. The number of rotatable bonds is 8. The first kappa shape index (κ1) is 21.4. The van der Waals surface area contributed by atoms with Crippen molar-refractivity contribution in [1.82, 2.24) is 9.62 Å². The van der Waals surface area contributed by atoms with E-state index in [9.17, 15) is 23.1 Å². The van der Waals surface area contributed by atoms with Gasteiger partial charge in [0.25, 0.3) is 0 Å². The summed E-state index contributed by atoms with van der Waals surface area (Å²) >= 11 is 0. The highest BCUT2D eigenvalue weighted by atomic mass is 32.2. The number of carbonyl (C=O) groups is 2. The molecule has 2 atom stereocenters. The summed E-state index contributed by atoms with van der Waals surface area (Å²) in [5, 5.41) is 11.9. The molecule has 1 saturated heterocycles. The van der Waals surface area contributed by atoms with Gasteiger partial charge in [0, 0.05) is 13.1 Å². The number of nitrogens with one attached hydrogen (secondary N) is 1. The molecule has 150 valence electrons. The highest BCUT2D eigenvalue weighted by Gasteiger charge is 2.34. The fourth-order valence-electron chi connectivity index (χ4n) is 3.27. The summed E-state index contributed by atoms with van der Waals surface area (Å²) in [6.07, 6.45) is 1.47. The Morgan fingerprint density at radius 3 is 2.52 bits per heavy atom. The van der Waals surface area contributed by atoms with Crippen molar-refractivity contribution in [2.45, 2.75) is 44.9 Å². The minimum absolute atomic E-state index is 0.0923. The number of carboxylic acid groups (broad SMARTS) is 1. The molecule has 2 rings (SSSR count). The van der Waals surface area contributed by atoms with Crippen LogP contribution in [-0.4, -0.2) is 48.8 Å². The van der Waals surface area contributed by atoms with Crippen molar-refractivity contribution in [2.75, 3.05) is 13.1 Å². The topological polar surface area (TPSA) is 104 Å². The molecule has 0 radical (unpaired) electrons. The van der Waals surface area contributed by atoms with Crippen LogP contribution in [-0.2, 0) is 25.4 Å². The van der Waals surface area contributed by atoms with Gasteiger partial charge in [-0.25, -0.2) is 17.5 Å². The SMILES string of the molecule is CC(C)C[C@@H](NC(=O)C1CCCN(S(=O)(=O)Cc2ccccc2)C1)C(=O)O. The third kappa shape index (κ3) is 6.32. The van der Waals surface area contributed by atoms with Crippen LogP contribution in [0.3, 0.4) is 0 Å². The lowest BCUT2D eigenvalue weighted by Crippen LogP contribution is -2.49. The van der Waals surface area contributed by atoms with Crippen LogP contribution in [0.4, 0.5) is 0 Å². The van der Waals surface area contributed by atoms with Gasteiger partial charge in [0.05, 0.1) is 11.7 Å². The van der Waals surface area contributed by atoms with Gasteiger partial charge in [-0.05, 0) is 30.7 Å². The molecule has 8 heteroatoms. The normalized spacial score (nSPS) is 19.6. The Labute approximate surface area is 160 Å². The van der Waals surface area contributed by atoms with Crippen molar-refractivity contribution in [3.8, 4) is 0 Å². The van der Waals surface area contributed by atoms with E-state index in [1.807, 2.05) is 19.9 Å². The Hall–Kier alpha value is -1.93. The van der Waals surface area contributed by atoms with E-state index in [2.05, 4.69) is 5.32 Å². The highest BCUT2D eigenvalue weighted by Crippen LogP contribution is 2.22. The molecule has 1 aromatic carbocycles. The molecular weight excluding hydrogens is 368 g/mol. The summed E-state index contributed by atoms with van der Waals surface area (Å²) in [5.74, 6) is -1.96. The molecule has 1 fully saturated rings. The van der Waals surface area contributed by atoms with Gasteiger partial charge in [0.15, 0.2) is 0 Å². The van der Waals surface area contributed by atoms with E-state index >= 15 is 0 Å². The fraction of sp³-hybridized carbons (Fsp3) is 0.579. The van der Waals surface area contributed by atoms with Crippen molar-refractivity contribution >= 4 is 21.9 Å². The van der Waals surface area contributed by atoms with Gasteiger partial charge in [-0.15, -0.1) is 0 Å². The maximum atomic E-state index is 12.7. The van der Waals surface area contributed by atoms with Crippen molar-refractivity contribution in [3.05, 3.63) is 35.9 Å². The number of hydrogen-bond donors (Lipinski definition) is 2. The first-order chi connectivity index (χ1) is 12.7. The minimum atomic E-state index is -3.53. The quantitative estimate of drug-likeness (QED) is 0.698. The molecule has 1 aromatic rings. The number of carboxylic acids is 1. The van der Waals surface area contributed by atoms with Crippen LogP contribution < -0.4 is 5.32 Å². The molecule has 1 aliphatic rings. The Balaban J connectivity index is 2.01. The van der Waals surface area contributed by atoms with Crippen LogP contribution in [0.1, 0.15) is 38.7 Å². The molecule has 1 heterocycles. The second-order valence-corrected chi connectivity index (χ2v) is 9.44. The molecular formula is C19H28N2O5S. The second-order valence-electron chi connectivity index (χ2n) is 7.47. The van der Waals surface area contributed by atoms with Crippen LogP contribution in [0.15, 0.2) is 30.3 Å². The van der Waals surface area contributed by atoms with Crippen LogP contribution in [0, 0.1) is 11.8 Å². The van der Waals surface area contributed by atoms with E-state index in [0.717, 1.165) is 0 Å². The predicted molar refractivity (Wildman–Crippen MR) is 102 cm³/mol. The van der Waals surface area contributed by atoms with Crippen molar-refractivity contribution in [3.63, 3.8) is 0 Å². The molecule has 0 bridgehead atoms. The van der Waals surface area contributed by atoms with E-state index in [4.69, 9.17) is 0 Å². The number of piperidine rings is 1. The number of nitrogens with zero attached hydrogens (tertiary/aromatic N) is 1. The summed E-state index contributed by atoms with van der Waals surface area (Å²) in [5.41, 5.74) is 0.701. The van der Waals surface area contributed by atoms with E-state index in [1.54, 1.807) is 24.3 Å². The molecule has 7 nitrogen and oxygen atoms in total. The third-order valence-electron chi connectivity index (χ3n) is 4.66. The van der Waals surface area contributed by atoms with Crippen LogP contribution in [0.25, 0.3) is 0 Å². The summed E-state index contributed by atoms with van der Waals surface area (Å²) < 4.78 is 26.8. The lowest BCUT2D eigenvalue weighted by atomic mass is 9.97. The maximum absolute atomic E-state index is 12.7. The summed E-state index contributed by atoms with van der Waals surface area (Å²) in [7, 11) is -3.53. The number of benzene rings is 1. The van der Waals surface area contributed by atoms with Gasteiger partial charge in [-0.1, -0.05) is 44.2 Å². The van der Waals surface area contributed by atoms with Crippen molar-refractivity contribution in [1.29, 1.82) is 0 Å². The zero-order valence-corrected chi connectivity index (χ0v) is 16.6. The molecule has 0 aromatic heterocycles. The van der Waals surface area contributed by atoms with Crippen molar-refractivity contribution < 1.29 is 23.1 Å². The summed E-state index contributed by atoms with van der Waals surface area (Å²) in [6, 6.07) is 7.97. The first-order valence-electron chi connectivity index (χ1n) is 9.24. The lowest BCUT2D eigenvalue weighted by Gasteiger charge is -2.32. The highest BCUT2D eigenvalue weighted by molar-refractivity contribution is 7.88. The van der Waals surface area contributed by atoms with Crippen LogP contribution >= 0.6 is 0 Å². The molecule has 1 amide bonds. The van der Waals surface area contributed by atoms with Crippen LogP contribution in [0.2, 0.25) is 0 Å². The van der Waals surface area contributed by atoms with E-state index in [-0.39, 0.29) is 24.1 Å². The molecule has 2 N–H and O–H groups in total. The van der Waals surface area contributed by atoms with Crippen LogP contribution in [0.5, 0.6) is 0 Å². The lowest BCUT2D eigenvalue weighted by molar-refractivity contribution is -0.143. The molecule has 27 heavy (non-hydrogen) atoms.